The molecule has 1 heterocycles. The Hall–Kier alpha value is -2.43. The van der Waals surface area contributed by atoms with E-state index in [1.54, 1.807) is 32.0 Å². The number of sulfonamides is 2. The van der Waals surface area contributed by atoms with Crippen LogP contribution in [0, 0.1) is 13.8 Å². The van der Waals surface area contributed by atoms with Gasteiger partial charge in [-0.3, -0.25) is 9.52 Å². The summed E-state index contributed by atoms with van der Waals surface area (Å²) < 4.78 is 56.2. The van der Waals surface area contributed by atoms with Crippen molar-refractivity contribution < 1.29 is 21.6 Å². The third-order valence-corrected chi connectivity index (χ3v) is 8.74. The van der Waals surface area contributed by atoms with E-state index in [1.807, 2.05) is 0 Å². The molecule has 2 aromatic carbocycles. The predicted molar refractivity (Wildman–Crippen MR) is 120 cm³/mol. The first-order valence-corrected chi connectivity index (χ1v) is 12.9. The summed E-state index contributed by atoms with van der Waals surface area (Å²) in [4.78, 5) is 11.4. The van der Waals surface area contributed by atoms with E-state index in [2.05, 4.69) is 10.0 Å². The Labute approximate surface area is 183 Å². The van der Waals surface area contributed by atoms with Crippen molar-refractivity contribution in [2.45, 2.75) is 49.8 Å². The third kappa shape index (κ3) is 5.25. The molecule has 2 N–H and O–H groups in total. The van der Waals surface area contributed by atoms with Crippen LogP contribution in [0.3, 0.4) is 0 Å². The maximum Gasteiger partial charge on any atom is 0.262 e. The maximum absolute atomic E-state index is 13.1. The smallest absolute Gasteiger partial charge is 0.262 e. The Morgan fingerprint density at radius 1 is 0.839 bits per heavy atom. The fraction of sp³-hybridized carbons (Fsp3) is 0.381. The van der Waals surface area contributed by atoms with Gasteiger partial charge in [-0.05, 0) is 62.1 Å². The topological polar surface area (TPSA) is 113 Å². The van der Waals surface area contributed by atoms with E-state index in [0.29, 0.717) is 29.9 Å². The van der Waals surface area contributed by atoms with Gasteiger partial charge < -0.3 is 5.32 Å². The number of nitrogens with one attached hydrogen (secondary N) is 2. The molecular formula is C21H27N3O5S2. The summed E-state index contributed by atoms with van der Waals surface area (Å²) in [5.74, 6) is -0.314. The Kier molecular flexibility index (Phi) is 6.73. The van der Waals surface area contributed by atoms with E-state index < -0.39 is 20.0 Å². The van der Waals surface area contributed by atoms with E-state index in [0.717, 1.165) is 19.3 Å². The van der Waals surface area contributed by atoms with Crippen LogP contribution in [0.15, 0.2) is 46.2 Å². The van der Waals surface area contributed by atoms with E-state index in [9.17, 15) is 21.6 Å². The lowest BCUT2D eigenvalue weighted by Crippen LogP contribution is -2.36. The lowest BCUT2D eigenvalue weighted by atomic mass is 10.2. The average molecular weight is 466 g/mol. The molecule has 3 rings (SSSR count). The van der Waals surface area contributed by atoms with Gasteiger partial charge in [-0.15, -0.1) is 0 Å². The van der Waals surface area contributed by atoms with Gasteiger partial charge in [0.2, 0.25) is 15.9 Å². The van der Waals surface area contributed by atoms with Gasteiger partial charge in [0.15, 0.2) is 0 Å². The molecule has 0 aliphatic carbocycles. The highest BCUT2D eigenvalue weighted by Gasteiger charge is 2.28. The molecule has 0 bridgehead atoms. The number of carbonyl (C=O) groups excluding carboxylic acids is 1. The number of benzene rings is 2. The number of piperidine rings is 1. The first-order valence-electron chi connectivity index (χ1n) is 10.0. The Morgan fingerprint density at radius 2 is 1.39 bits per heavy atom. The number of anilines is 2. The van der Waals surface area contributed by atoms with Gasteiger partial charge >= 0.3 is 0 Å². The Bertz CT molecular complexity index is 1200. The molecule has 0 saturated carbocycles. The van der Waals surface area contributed by atoms with Crippen molar-refractivity contribution in [3.8, 4) is 0 Å². The molecule has 10 heteroatoms. The third-order valence-electron chi connectivity index (χ3n) is 5.17. The number of aryl methyl sites for hydroxylation is 2. The fourth-order valence-corrected chi connectivity index (χ4v) is 6.66. The second-order valence-corrected chi connectivity index (χ2v) is 11.3. The van der Waals surface area contributed by atoms with Crippen molar-refractivity contribution in [3.63, 3.8) is 0 Å². The SMILES string of the molecule is CC(=O)Nc1ccc(C)c(S(=O)(=O)Nc2ccc(C)c(S(=O)(=O)N3CCCCC3)c2)c1. The van der Waals surface area contributed by atoms with Crippen LogP contribution >= 0.6 is 0 Å². The second kappa shape index (κ2) is 8.97. The summed E-state index contributed by atoms with van der Waals surface area (Å²) in [5, 5.41) is 2.57. The standard InChI is InChI=1S/C21H27N3O5S2/c1-15-7-9-18(22-17(3)25)13-20(15)30(26,27)23-19-10-8-16(2)21(14-19)31(28,29)24-11-5-4-6-12-24/h7-10,13-14,23H,4-6,11-12H2,1-3H3,(H,22,25). The fourth-order valence-electron chi connectivity index (χ4n) is 3.57. The van der Waals surface area contributed by atoms with Crippen LogP contribution in [0.1, 0.15) is 37.3 Å². The molecule has 1 fully saturated rings. The Balaban J connectivity index is 1.94. The van der Waals surface area contributed by atoms with Crippen LogP contribution < -0.4 is 10.0 Å². The molecule has 168 valence electrons. The molecule has 31 heavy (non-hydrogen) atoms. The van der Waals surface area contributed by atoms with Gasteiger partial charge in [0.25, 0.3) is 10.0 Å². The minimum absolute atomic E-state index is 0.000220. The van der Waals surface area contributed by atoms with Crippen molar-refractivity contribution in [1.82, 2.24) is 4.31 Å². The van der Waals surface area contributed by atoms with Crippen molar-refractivity contribution in [3.05, 3.63) is 47.5 Å². The average Bonchev–Trinajstić information content (AvgIpc) is 2.71. The number of hydrogen-bond acceptors (Lipinski definition) is 5. The number of amides is 1. The van der Waals surface area contributed by atoms with Gasteiger partial charge in [0.05, 0.1) is 15.5 Å². The van der Waals surface area contributed by atoms with Crippen molar-refractivity contribution in [2.75, 3.05) is 23.1 Å². The number of rotatable bonds is 6. The molecule has 0 unspecified atom stereocenters. The molecule has 0 spiro atoms. The van der Waals surface area contributed by atoms with Crippen molar-refractivity contribution in [2.24, 2.45) is 0 Å². The van der Waals surface area contributed by atoms with Crippen LogP contribution in [0.4, 0.5) is 11.4 Å². The lowest BCUT2D eigenvalue weighted by Gasteiger charge is -2.26. The van der Waals surface area contributed by atoms with Gasteiger partial charge in [-0.1, -0.05) is 18.6 Å². The van der Waals surface area contributed by atoms with E-state index in [4.69, 9.17) is 0 Å². The molecule has 1 amide bonds. The molecular weight excluding hydrogens is 438 g/mol. The molecule has 1 aliphatic heterocycles. The summed E-state index contributed by atoms with van der Waals surface area (Å²) in [7, 11) is -7.72. The monoisotopic (exact) mass is 465 g/mol. The number of hydrogen-bond donors (Lipinski definition) is 2. The molecule has 0 aromatic heterocycles. The molecule has 0 atom stereocenters. The summed E-state index contributed by atoms with van der Waals surface area (Å²) in [6, 6.07) is 9.08. The molecule has 2 aromatic rings. The minimum atomic E-state index is -4.01. The molecule has 1 saturated heterocycles. The van der Waals surface area contributed by atoms with Gasteiger partial charge in [-0.25, -0.2) is 16.8 Å². The van der Waals surface area contributed by atoms with Crippen molar-refractivity contribution in [1.29, 1.82) is 0 Å². The zero-order valence-electron chi connectivity index (χ0n) is 17.8. The molecule has 8 nitrogen and oxygen atoms in total. The summed E-state index contributed by atoms with van der Waals surface area (Å²) in [5.41, 5.74) is 1.56. The highest BCUT2D eigenvalue weighted by atomic mass is 32.2. The quantitative estimate of drug-likeness (QED) is 0.680. The maximum atomic E-state index is 13.1. The van der Waals surface area contributed by atoms with E-state index >= 15 is 0 Å². The largest absolute Gasteiger partial charge is 0.326 e. The zero-order valence-corrected chi connectivity index (χ0v) is 19.4. The normalized spacial score (nSPS) is 15.5. The van der Waals surface area contributed by atoms with Crippen LogP contribution in [-0.2, 0) is 24.8 Å². The first-order chi connectivity index (χ1) is 14.5. The van der Waals surface area contributed by atoms with Gasteiger partial charge in [0.1, 0.15) is 0 Å². The summed E-state index contributed by atoms with van der Waals surface area (Å²) in [6.45, 7) is 5.60. The summed E-state index contributed by atoms with van der Waals surface area (Å²) >= 11 is 0. The zero-order chi connectivity index (χ0) is 22.8. The molecule has 0 radical (unpaired) electrons. The highest BCUT2D eigenvalue weighted by Crippen LogP contribution is 2.28. The van der Waals surface area contributed by atoms with E-state index in [-0.39, 0.29) is 21.4 Å². The van der Waals surface area contributed by atoms with Crippen LogP contribution in [0.2, 0.25) is 0 Å². The predicted octanol–water partition coefficient (Wildman–Crippen LogP) is 3.24. The van der Waals surface area contributed by atoms with E-state index in [1.165, 1.54) is 29.4 Å². The molecule has 1 aliphatic rings. The first kappa shape index (κ1) is 23.2. The second-order valence-electron chi connectivity index (χ2n) is 7.71. The Morgan fingerprint density at radius 3 is 2.00 bits per heavy atom. The minimum Gasteiger partial charge on any atom is -0.326 e. The number of carbonyl (C=O) groups is 1. The van der Waals surface area contributed by atoms with Gasteiger partial charge in [-0.2, -0.15) is 4.31 Å². The van der Waals surface area contributed by atoms with Crippen LogP contribution in [0.5, 0.6) is 0 Å². The highest BCUT2D eigenvalue weighted by molar-refractivity contribution is 7.92. The van der Waals surface area contributed by atoms with Crippen molar-refractivity contribution >= 4 is 37.3 Å². The lowest BCUT2D eigenvalue weighted by molar-refractivity contribution is -0.114. The van der Waals surface area contributed by atoms with Crippen LogP contribution in [-0.4, -0.2) is 40.1 Å². The van der Waals surface area contributed by atoms with Gasteiger partial charge in [0, 0.05) is 25.7 Å². The number of nitrogens with zero attached hydrogens (tertiary/aromatic N) is 1. The summed E-state index contributed by atoms with van der Waals surface area (Å²) in [6.07, 6.45) is 2.63. The van der Waals surface area contributed by atoms with Crippen LogP contribution in [0.25, 0.3) is 0 Å².